The van der Waals surface area contributed by atoms with Crippen molar-refractivity contribution in [3.05, 3.63) is 58.9 Å². The second kappa shape index (κ2) is 5.88. The Morgan fingerprint density at radius 2 is 2.19 bits per heavy atom. The van der Waals surface area contributed by atoms with Gasteiger partial charge in [0.2, 0.25) is 0 Å². The molecule has 0 saturated carbocycles. The van der Waals surface area contributed by atoms with Crippen LogP contribution in [0.15, 0.2) is 52.0 Å². The fourth-order valence-corrected chi connectivity index (χ4v) is 4.29. The molecule has 3 rings (SSSR count). The average Bonchev–Trinajstić information content (AvgIpc) is 2.76. The van der Waals surface area contributed by atoms with Crippen LogP contribution in [0.25, 0.3) is 5.65 Å². The first-order valence-corrected chi connectivity index (χ1v) is 8.57. The number of rotatable bonds is 4. The summed E-state index contributed by atoms with van der Waals surface area (Å²) in [6, 6.07) is 9.45. The van der Waals surface area contributed by atoms with E-state index in [0.29, 0.717) is 5.92 Å². The topological polar surface area (TPSA) is 47.5 Å². The van der Waals surface area contributed by atoms with Gasteiger partial charge in [0, 0.05) is 0 Å². The summed E-state index contributed by atoms with van der Waals surface area (Å²) >= 11 is 0.0287. The normalized spacial score (nSPS) is 11.4. The molecule has 0 fully saturated rings. The number of aromatic nitrogens is 2. The van der Waals surface area contributed by atoms with Gasteiger partial charge < -0.3 is 0 Å². The molecule has 0 bridgehead atoms. The second-order valence-corrected chi connectivity index (χ2v) is 7.51. The molecule has 5 heteroatoms. The minimum atomic E-state index is -0.298. The van der Waals surface area contributed by atoms with E-state index < -0.39 is 0 Å². The van der Waals surface area contributed by atoms with Crippen molar-refractivity contribution in [1.82, 2.24) is 9.38 Å². The van der Waals surface area contributed by atoms with Gasteiger partial charge >= 0.3 is 129 Å². The Hall–Kier alpha value is -1.84. The Labute approximate surface area is 129 Å². The summed E-state index contributed by atoms with van der Waals surface area (Å²) in [6.07, 6.45) is 4.44. The van der Waals surface area contributed by atoms with Crippen LogP contribution < -0.4 is 14.7 Å². The van der Waals surface area contributed by atoms with Gasteiger partial charge in [-0.05, 0) is 0 Å². The first-order chi connectivity index (χ1) is 10.1. The predicted molar refractivity (Wildman–Crippen MR) is 83.7 cm³/mol. The zero-order valence-corrected chi connectivity index (χ0v) is 13.7. The summed E-state index contributed by atoms with van der Waals surface area (Å²) in [5.41, 5.74) is 1.80. The van der Waals surface area contributed by atoms with Gasteiger partial charge in [0.05, 0.1) is 0 Å². The van der Waals surface area contributed by atoms with E-state index in [1.165, 1.54) is 10.9 Å². The Bertz CT molecular complexity index is 820. The molecule has 3 heterocycles. The summed E-state index contributed by atoms with van der Waals surface area (Å²) in [6.45, 7) is 4.38. The van der Waals surface area contributed by atoms with Crippen LogP contribution in [0, 0.1) is 5.92 Å². The first kappa shape index (κ1) is 14.1. The van der Waals surface area contributed by atoms with Crippen LogP contribution in [0.2, 0.25) is 0 Å². The molecular formula is C16H16N2O2Se. The predicted octanol–water partition coefficient (Wildman–Crippen LogP) is 1.14. The maximum absolute atomic E-state index is 11.4. The molecule has 0 aromatic carbocycles. The van der Waals surface area contributed by atoms with Gasteiger partial charge in [-0.1, -0.05) is 0 Å². The number of hydrogen-bond donors (Lipinski definition) is 0. The molecule has 4 nitrogen and oxygen atoms in total. The molecule has 0 aliphatic heterocycles. The van der Waals surface area contributed by atoms with Gasteiger partial charge in [-0.15, -0.1) is 0 Å². The van der Waals surface area contributed by atoms with Gasteiger partial charge in [-0.25, -0.2) is 0 Å². The van der Waals surface area contributed by atoms with Crippen molar-refractivity contribution in [2.75, 3.05) is 0 Å². The van der Waals surface area contributed by atoms with Gasteiger partial charge in [0.25, 0.3) is 0 Å². The van der Waals surface area contributed by atoms with Gasteiger partial charge in [-0.3, -0.25) is 0 Å². The van der Waals surface area contributed by atoms with Crippen LogP contribution in [0.3, 0.4) is 0 Å². The fraction of sp³-hybridized carbons (Fsp3) is 0.250. The van der Waals surface area contributed by atoms with Crippen molar-refractivity contribution in [1.29, 1.82) is 0 Å². The van der Waals surface area contributed by atoms with Crippen LogP contribution in [0.5, 0.6) is 0 Å². The molecule has 0 N–H and O–H groups in total. The fourth-order valence-electron chi connectivity index (χ4n) is 2.19. The van der Waals surface area contributed by atoms with Gasteiger partial charge in [0.1, 0.15) is 0 Å². The summed E-state index contributed by atoms with van der Waals surface area (Å²) in [7, 11) is 0. The Balaban J connectivity index is 2.08. The molecule has 0 spiro atoms. The van der Waals surface area contributed by atoms with Crippen molar-refractivity contribution < 1.29 is 4.42 Å². The molecule has 21 heavy (non-hydrogen) atoms. The molecule has 0 aliphatic rings. The third kappa shape index (κ3) is 3.09. The SMILES string of the molecule is CC(C)Cc1nc2ccccn2c1[Se]c1ccoc(=O)c1. The third-order valence-corrected chi connectivity index (χ3v) is 5.39. The van der Waals surface area contributed by atoms with Crippen LogP contribution in [-0.4, -0.2) is 24.3 Å². The Kier molecular flexibility index (Phi) is 3.95. The van der Waals surface area contributed by atoms with E-state index >= 15 is 0 Å². The number of fused-ring (bicyclic) bond motifs is 1. The molecule has 3 aromatic rings. The van der Waals surface area contributed by atoms with E-state index in [9.17, 15) is 4.79 Å². The van der Waals surface area contributed by atoms with Crippen LogP contribution >= 0.6 is 0 Å². The monoisotopic (exact) mass is 348 g/mol. The van der Waals surface area contributed by atoms with Crippen molar-refractivity contribution in [2.24, 2.45) is 5.92 Å². The number of pyridine rings is 1. The first-order valence-electron chi connectivity index (χ1n) is 6.86. The van der Waals surface area contributed by atoms with E-state index in [0.717, 1.165) is 22.2 Å². The minimum absolute atomic E-state index is 0.0287. The molecule has 3 aromatic heterocycles. The summed E-state index contributed by atoms with van der Waals surface area (Å²) in [4.78, 5) is 16.1. The van der Waals surface area contributed by atoms with E-state index in [1.54, 1.807) is 6.07 Å². The molecule has 0 radical (unpaired) electrons. The van der Waals surface area contributed by atoms with Crippen molar-refractivity contribution in [3.63, 3.8) is 0 Å². The van der Waals surface area contributed by atoms with E-state index in [1.807, 2.05) is 30.5 Å². The van der Waals surface area contributed by atoms with Crippen LogP contribution in [0.4, 0.5) is 0 Å². The number of nitrogens with zero attached hydrogens (tertiary/aromatic N) is 2. The summed E-state index contributed by atoms with van der Waals surface area (Å²) in [5, 5.41) is 0. The maximum atomic E-state index is 11.4. The van der Waals surface area contributed by atoms with Crippen LogP contribution in [-0.2, 0) is 6.42 Å². The molecule has 0 unspecified atom stereocenters. The van der Waals surface area contributed by atoms with E-state index in [4.69, 9.17) is 9.40 Å². The van der Waals surface area contributed by atoms with Gasteiger partial charge in [-0.2, -0.15) is 0 Å². The van der Waals surface area contributed by atoms with Crippen molar-refractivity contribution >= 4 is 29.7 Å². The zero-order valence-electron chi connectivity index (χ0n) is 11.9. The average molecular weight is 347 g/mol. The standard InChI is InChI=1S/C16H16N2O2Se/c1-11(2)9-13-16(18-7-4-3-5-14(18)17-13)21-12-6-8-20-15(19)10-12/h3-8,10-11H,9H2,1-2H3. The molecule has 0 amide bonds. The Morgan fingerprint density at radius 1 is 1.33 bits per heavy atom. The molecule has 0 saturated heterocycles. The summed E-state index contributed by atoms with van der Waals surface area (Å²) < 4.78 is 9.15. The van der Waals surface area contributed by atoms with Crippen LogP contribution in [0.1, 0.15) is 19.5 Å². The second-order valence-electron chi connectivity index (χ2n) is 5.28. The molecule has 0 aliphatic carbocycles. The molecule has 108 valence electrons. The molecule has 0 atom stereocenters. The third-order valence-electron chi connectivity index (χ3n) is 3.05. The number of imidazole rings is 1. The van der Waals surface area contributed by atoms with Crippen molar-refractivity contribution in [3.8, 4) is 0 Å². The zero-order chi connectivity index (χ0) is 14.8. The Morgan fingerprint density at radius 3 is 2.95 bits per heavy atom. The quantitative estimate of drug-likeness (QED) is 0.665. The van der Waals surface area contributed by atoms with Gasteiger partial charge in [0.15, 0.2) is 0 Å². The van der Waals surface area contributed by atoms with Crippen molar-refractivity contribution in [2.45, 2.75) is 20.3 Å². The van der Waals surface area contributed by atoms with E-state index in [-0.39, 0.29) is 20.6 Å². The summed E-state index contributed by atoms with van der Waals surface area (Å²) in [5.74, 6) is 0.547. The van der Waals surface area contributed by atoms with E-state index in [2.05, 4.69) is 18.2 Å². The molecular weight excluding hydrogens is 331 g/mol. The number of hydrogen-bond acceptors (Lipinski definition) is 3.